The molecule has 0 saturated heterocycles. The maximum absolute atomic E-state index is 2.41. The lowest BCUT2D eigenvalue weighted by Crippen LogP contribution is -2.11. The first-order valence-corrected chi connectivity index (χ1v) is 17.5. The number of hydrogen-bond donors (Lipinski definition) is 0. The van der Waals surface area contributed by atoms with Gasteiger partial charge >= 0.3 is 0 Å². The van der Waals surface area contributed by atoms with Crippen LogP contribution in [0, 0.1) is 0 Å². The first kappa shape index (κ1) is 30.4. The van der Waals surface area contributed by atoms with E-state index in [4.69, 9.17) is 0 Å². The number of anilines is 3. The van der Waals surface area contributed by atoms with E-state index in [2.05, 4.69) is 217 Å². The molecule has 0 bridgehead atoms. The van der Waals surface area contributed by atoms with Gasteiger partial charge in [0, 0.05) is 16.9 Å². The first-order chi connectivity index (χ1) is 25.3. The normalized spacial score (nSPS) is 11.1. The minimum absolute atomic E-state index is 1.10. The van der Waals surface area contributed by atoms with Gasteiger partial charge in [-0.1, -0.05) is 176 Å². The molecule has 0 aliphatic rings. The van der Waals surface area contributed by atoms with Crippen molar-refractivity contribution in [1.82, 2.24) is 0 Å². The predicted octanol–water partition coefficient (Wildman–Crippen LogP) is 14.1. The quantitative estimate of drug-likeness (QED) is 0.155. The lowest BCUT2D eigenvalue weighted by Gasteiger charge is -2.30. The summed E-state index contributed by atoms with van der Waals surface area (Å²) >= 11 is 0. The maximum Gasteiger partial charge on any atom is 0.0546 e. The summed E-state index contributed by atoms with van der Waals surface area (Å²) in [5, 5.41) is 4.98. The van der Waals surface area contributed by atoms with Crippen molar-refractivity contribution >= 4 is 38.6 Å². The Balaban J connectivity index is 1.31. The minimum Gasteiger partial charge on any atom is -0.310 e. The third-order valence-electron chi connectivity index (χ3n) is 9.87. The highest BCUT2D eigenvalue weighted by Gasteiger charge is 2.22. The number of para-hydroxylation sites is 1. The average Bonchev–Trinajstić information content (AvgIpc) is 3.22. The van der Waals surface area contributed by atoms with Crippen LogP contribution < -0.4 is 4.90 Å². The Morgan fingerprint density at radius 2 is 0.745 bits per heavy atom. The molecule has 0 aliphatic heterocycles. The van der Waals surface area contributed by atoms with Crippen LogP contribution in [-0.4, -0.2) is 0 Å². The molecule has 0 amide bonds. The SMILES string of the molecule is c1ccc(-c2ccc(-c3cccc(N(c4ccccc4)c4ccc(-c5ccccc5)cc4)c3-c3cc4ccccc4c4ccccc34)cc2)cc1. The van der Waals surface area contributed by atoms with Gasteiger partial charge < -0.3 is 4.90 Å². The average molecular weight is 650 g/mol. The third-order valence-corrected chi connectivity index (χ3v) is 9.87. The van der Waals surface area contributed by atoms with Crippen LogP contribution in [-0.2, 0) is 0 Å². The molecule has 1 nitrogen and oxygen atoms in total. The lowest BCUT2D eigenvalue weighted by atomic mass is 9.87. The second-order valence-electron chi connectivity index (χ2n) is 12.9. The Morgan fingerprint density at radius 3 is 1.39 bits per heavy atom. The highest BCUT2D eigenvalue weighted by atomic mass is 15.1. The van der Waals surface area contributed by atoms with Crippen molar-refractivity contribution in [3.05, 3.63) is 212 Å². The Bertz CT molecular complexity index is 2590. The number of fused-ring (bicyclic) bond motifs is 3. The standard InChI is InChI=1S/C50H35N/c1-4-15-36(16-5-1)38-27-29-40(30-28-38)45-25-14-26-49(50(45)48-35-41-19-10-11-22-44(41)46-23-12-13-24-47(46)48)51(42-20-8-3-9-21-42)43-33-31-39(32-34-43)37-17-6-2-7-18-37/h1-35H. The molecule has 9 rings (SSSR count). The van der Waals surface area contributed by atoms with Crippen LogP contribution in [0.1, 0.15) is 0 Å². The molecule has 1 heteroatoms. The second-order valence-corrected chi connectivity index (χ2v) is 12.9. The van der Waals surface area contributed by atoms with Crippen molar-refractivity contribution in [1.29, 1.82) is 0 Å². The summed E-state index contributed by atoms with van der Waals surface area (Å²) in [4.78, 5) is 2.41. The summed E-state index contributed by atoms with van der Waals surface area (Å²) in [6, 6.07) is 76.7. The molecule has 0 radical (unpaired) electrons. The summed E-state index contributed by atoms with van der Waals surface area (Å²) in [5.41, 5.74) is 12.9. The molecule has 0 aliphatic carbocycles. The highest BCUT2D eigenvalue weighted by molar-refractivity contribution is 6.16. The lowest BCUT2D eigenvalue weighted by molar-refractivity contribution is 1.28. The number of benzene rings is 9. The zero-order valence-corrected chi connectivity index (χ0v) is 28.2. The molecule has 0 saturated carbocycles. The van der Waals surface area contributed by atoms with E-state index in [1.807, 2.05) is 0 Å². The molecule has 0 atom stereocenters. The van der Waals surface area contributed by atoms with Gasteiger partial charge in [-0.15, -0.1) is 0 Å². The molecule has 240 valence electrons. The van der Waals surface area contributed by atoms with E-state index in [1.54, 1.807) is 0 Å². The van der Waals surface area contributed by atoms with E-state index < -0.39 is 0 Å². The fraction of sp³-hybridized carbons (Fsp3) is 0. The van der Waals surface area contributed by atoms with E-state index in [0.29, 0.717) is 0 Å². The van der Waals surface area contributed by atoms with Gasteiger partial charge in [-0.3, -0.25) is 0 Å². The van der Waals surface area contributed by atoms with Gasteiger partial charge in [0.05, 0.1) is 5.69 Å². The molecule has 9 aromatic rings. The molecule has 0 unspecified atom stereocenters. The van der Waals surface area contributed by atoms with E-state index in [-0.39, 0.29) is 0 Å². The molecule has 0 spiro atoms. The summed E-state index contributed by atoms with van der Waals surface area (Å²) in [6.45, 7) is 0. The summed E-state index contributed by atoms with van der Waals surface area (Å²) in [5.74, 6) is 0. The van der Waals surface area contributed by atoms with Gasteiger partial charge in [-0.2, -0.15) is 0 Å². The second kappa shape index (κ2) is 13.3. The molecule has 0 N–H and O–H groups in total. The van der Waals surface area contributed by atoms with Crippen LogP contribution in [0.3, 0.4) is 0 Å². The van der Waals surface area contributed by atoms with Crippen LogP contribution in [0.2, 0.25) is 0 Å². The fourth-order valence-electron chi connectivity index (χ4n) is 7.42. The number of nitrogens with zero attached hydrogens (tertiary/aromatic N) is 1. The third kappa shape index (κ3) is 5.75. The summed E-state index contributed by atoms with van der Waals surface area (Å²) in [6.07, 6.45) is 0. The van der Waals surface area contributed by atoms with Crippen LogP contribution >= 0.6 is 0 Å². The van der Waals surface area contributed by atoms with Crippen molar-refractivity contribution in [2.75, 3.05) is 4.90 Å². The Kier molecular flexibility index (Phi) is 7.92. The molecular formula is C50H35N. The van der Waals surface area contributed by atoms with Crippen molar-refractivity contribution in [2.24, 2.45) is 0 Å². The van der Waals surface area contributed by atoms with Crippen molar-refractivity contribution < 1.29 is 0 Å². The molecule has 0 heterocycles. The zero-order valence-electron chi connectivity index (χ0n) is 28.2. The maximum atomic E-state index is 2.41. The molecule has 51 heavy (non-hydrogen) atoms. The minimum atomic E-state index is 1.10. The van der Waals surface area contributed by atoms with Gasteiger partial charge in [0.15, 0.2) is 0 Å². The monoisotopic (exact) mass is 649 g/mol. The summed E-state index contributed by atoms with van der Waals surface area (Å²) in [7, 11) is 0. The largest absolute Gasteiger partial charge is 0.310 e. The van der Waals surface area contributed by atoms with Gasteiger partial charge in [0.2, 0.25) is 0 Å². The first-order valence-electron chi connectivity index (χ1n) is 17.5. The Hall–Kier alpha value is -6.70. The number of rotatable bonds is 7. The van der Waals surface area contributed by atoms with E-state index >= 15 is 0 Å². The van der Waals surface area contributed by atoms with Crippen LogP contribution in [0.15, 0.2) is 212 Å². The fourth-order valence-corrected chi connectivity index (χ4v) is 7.42. The van der Waals surface area contributed by atoms with Gasteiger partial charge in [-0.05, 0) is 96.9 Å². The van der Waals surface area contributed by atoms with Gasteiger partial charge in [0.25, 0.3) is 0 Å². The smallest absolute Gasteiger partial charge is 0.0546 e. The summed E-state index contributed by atoms with van der Waals surface area (Å²) < 4.78 is 0. The van der Waals surface area contributed by atoms with E-state index in [1.165, 1.54) is 66.1 Å². The van der Waals surface area contributed by atoms with Gasteiger partial charge in [0.1, 0.15) is 0 Å². The van der Waals surface area contributed by atoms with Gasteiger partial charge in [-0.25, -0.2) is 0 Å². The van der Waals surface area contributed by atoms with Crippen molar-refractivity contribution in [3.8, 4) is 44.5 Å². The molecule has 0 aromatic heterocycles. The molecule has 0 fully saturated rings. The highest BCUT2D eigenvalue weighted by Crippen LogP contribution is 2.48. The zero-order chi connectivity index (χ0) is 34.0. The predicted molar refractivity (Wildman–Crippen MR) is 218 cm³/mol. The van der Waals surface area contributed by atoms with Crippen molar-refractivity contribution in [2.45, 2.75) is 0 Å². The van der Waals surface area contributed by atoms with E-state index in [0.717, 1.165) is 17.1 Å². The topological polar surface area (TPSA) is 3.24 Å². The Labute approximate surface area is 299 Å². The number of hydrogen-bond acceptors (Lipinski definition) is 1. The van der Waals surface area contributed by atoms with Crippen LogP contribution in [0.25, 0.3) is 66.1 Å². The molecule has 9 aromatic carbocycles. The van der Waals surface area contributed by atoms with Crippen LogP contribution in [0.5, 0.6) is 0 Å². The van der Waals surface area contributed by atoms with Crippen LogP contribution in [0.4, 0.5) is 17.1 Å². The Morgan fingerprint density at radius 1 is 0.275 bits per heavy atom. The van der Waals surface area contributed by atoms with Crippen molar-refractivity contribution in [3.63, 3.8) is 0 Å². The van der Waals surface area contributed by atoms with E-state index in [9.17, 15) is 0 Å². The molecular weight excluding hydrogens is 615 g/mol.